The van der Waals surface area contributed by atoms with E-state index in [0.717, 1.165) is 37.1 Å². The van der Waals surface area contributed by atoms with Gasteiger partial charge in [0.2, 0.25) is 11.9 Å². The van der Waals surface area contributed by atoms with E-state index in [0.29, 0.717) is 48.2 Å². The molecule has 2 amide bonds. The van der Waals surface area contributed by atoms with Gasteiger partial charge in [0, 0.05) is 35.8 Å². The second-order valence-electron chi connectivity index (χ2n) is 12.4. The van der Waals surface area contributed by atoms with Crippen molar-refractivity contribution in [2.45, 2.75) is 65.6 Å². The Morgan fingerprint density at radius 3 is 2.49 bits per heavy atom. The third-order valence-electron chi connectivity index (χ3n) is 8.15. The highest BCUT2D eigenvalue weighted by molar-refractivity contribution is 8.32. The zero-order valence-electron chi connectivity index (χ0n) is 26.4. The summed E-state index contributed by atoms with van der Waals surface area (Å²) in [5.41, 5.74) is 2.92. The molecule has 10 nitrogen and oxygen atoms in total. The van der Waals surface area contributed by atoms with E-state index in [1.165, 1.54) is 10.9 Å². The predicted octanol–water partition coefficient (Wildman–Crippen LogP) is 4.92. The minimum atomic E-state index is -0.786. The zero-order valence-corrected chi connectivity index (χ0v) is 27.3. The summed E-state index contributed by atoms with van der Waals surface area (Å²) in [6.07, 6.45) is 12.5. The number of ether oxygens (including phenoxy) is 1. The molecule has 1 aliphatic rings. The van der Waals surface area contributed by atoms with Crippen molar-refractivity contribution in [3.05, 3.63) is 47.4 Å². The average molecular weight is 616 g/mol. The number of aromatic nitrogens is 5. The Balaban J connectivity index is 1.51. The minimum absolute atomic E-state index is 0.0369. The summed E-state index contributed by atoms with van der Waals surface area (Å²) >= 11 is 0. The van der Waals surface area contributed by atoms with Gasteiger partial charge in [-0.2, -0.15) is 14.6 Å². The van der Waals surface area contributed by atoms with Crippen LogP contribution in [0.5, 0.6) is 0 Å². The largest absolute Gasteiger partial charge is 0.358 e. The molecule has 1 saturated carbocycles. The first-order valence-electron chi connectivity index (χ1n) is 14.9. The van der Waals surface area contributed by atoms with Gasteiger partial charge in [0.05, 0.1) is 12.3 Å². The van der Waals surface area contributed by atoms with Gasteiger partial charge in [0.15, 0.2) is 0 Å². The van der Waals surface area contributed by atoms with E-state index in [1.807, 2.05) is 13.8 Å². The number of nitrogens with zero attached hydrogens (tertiary/aromatic N) is 5. The number of halogens is 1. The van der Waals surface area contributed by atoms with E-state index in [4.69, 9.17) is 4.74 Å². The van der Waals surface area contributed by atoms with Gasteiger partial charge < -0.3 is 15.4 Å². The lowest BCUT2D eigenvalue weighted by Crippen LogP contribution is -2.49. The lowest BCUT2D eigenvalue weighted by Gasteiger charge is -2.32. The first kappa shape index (κ1) is 32.7. The summed E-state index contributed by atoms with van der Waals surface area (Å²) in [5.74, 6) is 0.138. The lowest BCUT2D eigenvalue weighted by molar-refractivity contribution is -0.119. The van der Waals surface area contributed by atoms with Gasteiger partial charge >= 0.3 is 0 Å². The minimum Gasteiger partial charge on any atom is -0.358 e. The number of carbonyl (C=O) groups excluding carboxylic acids is 2. The van der Waals surface area contributed by atoms with Crippen LogP contribution in [0.4, 0.5) is 10.2 Å². The molecule has 12 heteroatoms. The van der Waals surface area contributed by atoms with Crippen molar-refractivity contribution in [3.63, 3.8) is 0 Å². The van der Waals surface area contributed by atoms with Crippen molar-refractivity contribution in [2.75, 3.05) is 36.4 Å². The molecule has 0 bridgehead atoms. The van der Waals surface area contributed by atoms with E-state index >= 15 is 4.39 Å². The van der Waals surface area contributed by atoms with Crippen molar-refractivity contribution in [1.82, 2.24) is 29.9 Å². The SMILES string of the molecule is CCc1c(-c2ccc(NC(=O)[C@@H](NC(=O)c3ccnn3C)[C@H]3CC[C@H](C)CC3)nc2F)c(C)nn1COCCS(C)(C)C. The Kier molecular flexibility index (Phi) is 10.7. The maximum absolute atomic E-state index is 15.6. The number of anilines is 1. The van der Waals surface area contributed by atoms with Crippen LogP contribution in [0.25, 0.3) is 11.1 Å². The van der Waals surface area contributed by atoms with E-state index in [1.54, 1.807) is 29.9 Å². The maximum Gasteiger partial charge on any atom is 0.270 e. The summed E-state index contributed by atoms with van der Waals surface area (Å²) < 4.78 is 24.7. The summed E-state index contributed by atoms with van der Waals surface area (Å²) in [6, 6.07) is 4.04. The number of nitrogens with one attached hydrogen (secondary N) is 2. The lowest BCUT2D eigenvalue weighted by atomic mass is 9.79. The van der Waals surface area contributed by atoms with Gasteiger partial charge in [0.1, 0.15) is 24.3 Å². The van der Waals surface area contributed by atoms with Gasteiger partial charge in [-0.25, -0.2) is 19.7 Å². The highest BCUT2D eigenvalue weighted by Gasteiger charge is 2.33. The van der Waals surface area contributed by atoms with Crippen LogP contribution in [0.2, 0.25) is 0 Å². The van der Waals surface area contributed by atoms with E-state index in [9.17, 15) is 9.59 Å². The van der Waals surface area contributed by atoms with Gasteiger partial charge in [-0.15, -0.1) is 0 Å². The number of rotatable bonds is 12. The molecule has 1 atom stereocenters. The quantitative estimate of drug-likeness (QED) is 0.221. The van der Waals surface area contributed by atoms with Gasteiger partial charge in [0.25, 0.3) is 5.91 Å². The molecule has 0 spiro atoms. The predicted molar refractivity (Wildman–Crippen MR) is 170 cm³/mol. The molecule has 0 unspecified atom stereocenters. The normalized spacial score (nSPS) is 18.3. The Bertz CT molecular complexity index is 1420. The molecule has 3 aromatic rings. The van der Waals surface area contributed by atoms with Crippen LogP contribution in [0.3, 0.4) is 0 Å². The smallest absolute Gasteiger partial charge is 0.270 e. The Labute approximate surface area is 255 Å². The standard InChI is InChI=1S/C31H46FN7O3S/c1-8-24-27(21(3)37-39(24)19-42-17-18-43(5,6)7)23-13-14-26(34-29(23)32)35-31(41)28(22-11-9-20(2)10-12-22)36-30(40)25-15-16-33-38(25)4/h13-16,20,22,28H,8-12,17-19H2,1-7H3,(H,36,40)(H,34,35,41)/t20-,22-,28-/m0/s1. The number of hydrogen-bond acceptors (Lipinski definition) is 6. The summed E-state index contributed by atoms with van der Waals surface area (Å²) in [6.45, 7) is 6.99. The maximum atomic E-state index is 15.6. The van der Waals surface area contributed by atoms with E-state index in [2.05, 4.69) is 51.5 Å². The molecule has 43 heavy (non-hydrogen) atoms. The first-order chi connectivity index (χ1) is 20.4. The topological polar surface area (TPSA) is 116 Å². The molecule has 236 valence electrons. The first-order valence-corrected chi connectivity index (χ1v) is 18.0. The number of hydrogen-bond donors (Lipinski definition) is 2. The summed E-state index contributed by atoms with van der Waals surface area (Å²) in [7, 11) is 1.02. The van der Waals surface area contributed by atoms with E-state index < -0.39 is 27.9 Å². The molecular formula is C31H46FN7O3S. The number of pyridine rings is 1. The Morgan fingerprint density at radius 2 is 1.88 bits per heavy atom. The number of amides is 2. The van der Waals surface area contributed by atoms with Crippen molar-refractivity contribution >= 4 is 27.7 Å². The molecular weight excluding hydrogens is 569 g/mol. The van der Waals surface area contributed by atoms with E-state index in [-0.39, 0.29) is 17.6 Å². The van der Waals surface area contributed by atoms with Crippen molar-refractivity contribution < 1.29 is 18.7 Å². The van der Waals surface area contributed by atoms with Crippen LogP contribution in [0.1, 0.15) is 61.4 Å². The molecule has 0 radical (unpaired) electrons. The second-order valence-corrected chi connectivity index (χ2v) is 17.0. The molecule has 1 aliphatic carbocycles. The van der Waals surface area contributed by atoms with Crippen LogP contribution in [0, 0.1) is 24.7 Å². The molecule has 2 N–H and O–H groups in total. The Hall–Kier alpha value is -3.25. The third kappa shape index (κ3) is 8.23. The van der Waals surface area contributed by atoms with Crippen molar-refractivity contribution in [2.24, 2.45) is 18.9 Å². The monoisotopic (exact) mass is 615 g/mol. The number of carbonyl (C=O) groups is 2. The highest BCUT2D eigenvalue weighted by atomic mass is 32.3. The number of aryl methyl sites for hydroxylation is 2. The van der Waals surface area contributed by atoms with Crippen molar-refractivity contribution in [1.29, 1.82) is 0 Å². The molecule has 3 aromatic heterocycles. The second kappa shape index (κ2) is 14.0. The van der Waals surface area contributed by atoms with Gasteiger partial charge in [-0.05, 0) is 75.0 Å². The van der Waals surface area contributed by atoms with Gasteiger partial charge in [-0.1, -0.05) is 26.7 Å². The molecule has 0 aromatic carbocycles. The van der Waals surface area contributed by atoms with Crippen molar-refractivity contribution in [3.8, 4) is 11.1 Å². The summed E-state index contributed by atoms with van der Waals surface area (Å²) in [5, 5.41) is 14.4. The van der Waals surface area contributed by atoms with Crippen LogP contribution in [-0.4, -0.2) is 73.5 Å². The Morgan fingerprint density at radius 1 is 1.16 bits per heavy atom. The highest BCUT2D eigenvalue weighted by Crippen LogP contribution is 2.34. The zero-order chi connectivity index (χ0) is 31.3. The fourth-order valence-electron chi connectivity index (χ4n) is 5.63. The molecule has 1 fully saturated rings. The fourth-order valence-corrected chi connectivity index (χ4v) is 6.25. The van der Waals surface area contributed by atoms with Crippen LogP contribution < -0.4 is 10.6 Å². The van der Waals surface area contributed by atoms with Gasteiger partial charge in [-0.3, -0.25) is 14.3 Å². The fraction of sp³-hybridized carbons (Fsp3) is 0.581. The third-order valence-corrected chi connectivity index (χ3v) is 9.54. The average Bonchev–Trinajstić information content (AvgIpc) is 3.51. The van der Waals surface area contributed by atoms with Crippen LogP contribution in [0.15, 0.2) is 24.4 Å². The van der Waals surface area contributed by atoms with Crippen LogP contribution in [-0.2, 0) is 29.7 Å². The summed E-state index contributed by atoms with van der Waals surface area (Å²) in [4.78, 5) is 30.7. The molecule has 4 rings (SSSR count). The molecule has 0 aliphatic heterocycles. The molecule has 3 heterocycles. The molecule has 0 saturated heterocycles. The van der Waals surface area contributed by atoms with Crippen LogP contribution >= 0.6 is 10.0 Å².